The Labute approximate surface area is 102 Å². The van der Waals surface area contributed by atoms with E-state index in [0.717, 1.165) is 17.9 Å². The Kier molecular flexibility index (Phi) is 2.89. The smallest absolute Gasteiger partial charge is 0.0180 e. The Morgan fingerprint density at radius 3 is 1.88 bits per heavy atom. The van der Waals surface area contributed by atoms with Crippen LogP contribution in [0, 0.1) is 17.3 Å². The summed E-state index contributed by atoms with van der Waals surface area (Å²) in [5, 5.41) is 0. The molecule has 3 unspecified atom stereocenters. The molecule has 1 saturated heterocycles. The summed E-state index contributed by atoms with van der Waals surface area (Å²) in [6.07, 6.45) is 4.41. The molecule has 0 aromatic heterocycles. The highest BCUT2D eigenvalue weighted by Crippen LogP contribution is 2.50. The van der Waals surface area contributed by atoms with Gasteiger partial charge in [-0.25, -0.2) is 0 Å². The maximum Gasteiger partial charge on any atom is 0.0180 e. The van der Waals surface area contributed by atoms with Crippen LogP contribution in [0.3, 0.4) is 0 Å². The van der Waals surface area contributed by atoms with Crippen LogP contribution in [-0.4, -0.2) is 23.0 Å². The minimum atomic E-state index is 0.332. The van der Waals surface area contributed by atoms with E-state index >= 15 is 0 Å². The van der Waals surface area contributed by atoms with Gasteiger partial charge in [0.15, 0.2) is 0 Å². The van der Waals surface area contributed by atoms with Crippen LogP contribution >= 0.6 is 0 Å². The van der Waals surface area contributed by atoms with Gasteiger partial charge in [-0.05, 0) is 63.8 Å². The van der Waals surface area contributed by atoms with Crippen molar-refractivity contribution in [3.05, 3.63) is 0 Å². The quantitative estimate of drug-likeness (QED) is 0.601. The first kappa shape index (κ1) is 12.4. The third kappa shape index (κ3) is 2.03. The summed E-state index contributed by atoms with van der Waals surface area (Å²) < 4.78 is 0. The van der Waals surface area contributed by atoms with Crippen LogP contribution < -0.4 is 0 Å². The Balaban J connectivity index is 2.24. The second kappa shape index (κ2) is 3.73. The minimum absolute atomic E-state index is 0.332. The van der Waals surface area contributed by atoms with Crippen LogP contribution in [0.15, 0.2) is 0 Å². The summed E-state index contributed by atoms with van der Waals surface area (Å²) in [5.41, 5.74) is 0.759. The van der Waals surface area contributed by atoms with Gasteiger partial charge in [0.1, 0.15) is 0 Å². The lowest BCUT2D eigenvalue weighted by atomic mass is 9.59. The lowest BCUT2D eigenvalue weighted by Gasteiger charge is -2.59. The third-order valence-corrected chi connectivity index (χ3v) is 4.71. The molecule has 1 saturated carbocycles. The molecular formula is C15H29N. The van der Waals surface area contributed by atoms with Crippen molar-refractivity contribution in [2.75, 3.05) is 6.54 Å². The van der Waals surface area contributed by atoms with Gasteiger partial charge in [0, 0.05) is 11.6 Å². The third-order valence-electron chi connectivity index (χ3n) is 4.71. The van der Waals surface area contributed by atoms with Crippen LogP contribution in [0.5, 0.6) is 0 Å². The second-order valence-corrected chi connectivity index (χ2v) is 7.97. The largest absolute Gasteiger partial charge is 0.295 e. The lowest BCUT2D eigenvalue weighted by molar-refractivity contribution is -0.0982. The molecule has 1 heterocycles. The van der Waals surface area contributed by atoms with Gasteiger partial charge in [-0.15, -0.1) is 0 Å². The lowest BCUT2D eigenvalue weighted by Crippen LogP contribution is -2.63. The van der Waals surface area contributed by atoms with Crippen molar-refractivity contribution >= 4 is 0 Å². The standard InChI is InChI=1S/C15H29N/c1-14(2,3)13-12-8-7-11(12)9-10-16(13)15(4,5)6/h11-13H,7-10H2,1-6H3. The summed E-state index contributed by atoms with van der Waals surface area (Å²) in [6.45, 7) is 15.7. The SMILES string of the molecule is CC(C)(C)C1C2CCC2CCN1C(C)(C)C. The maximum absolute atomic E-state index is 2.79. The minimum Gasteiger partial charge on any atom is -0.295 e. The second-order valence-electron chi connectivity index (χ2n) is 7.97. The van der Waals surface area contributed by atoms with Crippen molar-refractivity contribution in [2.24, 2.45) is 17.3 Å². The zero-order chi connectivity index (χ0) is 12.1. The van der Waals surface area contributed by atoms with E-state index in [9.17, 15) is 0 Å². The molecule has 2 aliphatic rings. The molecule has 0 aromatic carbocycles. The van der Waals surface area contributed by atoms with Crippen LogP contribution in [0.2, 0.25) is 0 Å². The molecule has 0 N–H and O–H groups in total. The van der Waals surface area contributed by atoms with Crippen molar-refractivity contribution in [3.63, 3.8) is 0 Å². The van der Waals surface area contributed by atoms with Gasteiger partial charge in [-0.1, -0.05) is 20.8 Å². The van der Waals surface area contributed by atoms with Crippen molar-refractivity contribution in [1.82, 2.24) is 4.90 Å². The summed E-state index contributed by atoms with van der Waals surface area (Å²) in [7, 11) is 0. The Morgan fingerprint density at radius 1 is 0.875 bits per heavy atom. The van der Waals surface area contributed by atoms with Crippen LogP contribution in [-0.2, 0) is 0 Å². The van der Waals surface area contributed by atoms with E-state index in [1.54, 1.807) is 0 Å². The topological polar surface area (TPSA) is 3.24 Å². The highest BCUT2D eigenvalue weighted by atomic mass is 15.2. The molecule has 2 rings (SSSR count). The van der Waals surface area contributed by atoms with Gasteiger partial charge in [-0.2, -0.15) is 0 Å². The molecule has 3 atom stereocenters. The van der Waals surface area contributed by atoms with E-state index < -0.39 is 0 Å². The number of hydrogen-bond donors (Lipinski definition) is 0. The van der Waals surface area contributed by atoms with Crippen LogP contribution in [0.1, 0.15) is 60.8 Å². The van der Waals surface area contributed by atoms with E-state index in [1.165, 1.54) is 25.8 Å². The molecule has 0 aromatic rings. The highest BCUT2D eigenvalue weighted by Gasteiger charge is 2.50. The van der Waals surface area contributed by atoms with E-state index in [-0.39, 0.29) is 0 Å². The molecule has 0 radical (unpaired) electrons. The molecule has 1 heteroatoms. The van der Waals surface area contributed by atoms with Crippen molar-refractivity contribution in [3.8, 4) is 0 Å². The van der Waals surface area contributed by atoms with Gasteiger partial charge in [0.05, 0.1) is 0 Å². The first-order valence-corrected chi connectivity index (χ1v) is 6.98. The number of fused-ring (bicyclic) bond motifs is 1. The summed E-state index contributed by atoms with van der Waals surface area (Å²) in [6, 6.07) is 0.792. The molecule has 1 aliphatic carbocycles. The fraction of sp³-hybridized carbons (Fsp3) is 1.00. The average molecular weight is 223 g/mol. The van der Waals surface area contributed by atoms with Crippen molar-refractivity contribution in [2.45, 2.75) is 72.4 Å². The van der Waals surface area contributed by atoms with E-state index in [4.69, 9.17) is 0 Å². The molecule has 94 valence electrons. The first-order valence-electron chi connectivity index (χ1n) is 6.98. The molecular weight excluding hydrogens is 194 g/mol. The maximum atomic E-state index is 2.79. The summed E-state index contributed by atoms with van der Waals surface area (Å²) in [5.74, 6) is 2.02. The van der Waals surface area contributed by atoms with Crippen LogP contribution in [0.4, 0.5) is 0 Å². The highest BCUT2D eigenvalue weighted by molar-refractivity contribution is 5.02. The zero-order valence-corrected chi connectivity index (χ0v) is 12.0. The molecule has 2 fully saturated rings. The van der Waals surface area contributed by atoms with Gasteiger partial charge < -0.3 is 0 Å². The van der Waals surface area contributed by atoms with Gasteiger partial charge >= 0.3 is 0 Å². The molecule has 0 spiro atoms. The number of hydrogen-bond acceptors (Lipinski definition) is 1. The zero-order valence-electron chi connectivity index (χ0n) is 12.0. The molecule has 1 aliphatic heterocycles. The predicted octanol–water partition coefficient (Wildman–Crippen LogP) is 3.93. The molecule has 16 heavy (non-hydrogen) atoms. The Bertz CT molecular complexity index is 256. The van der Waals surface area contributed by atoms with E-state index in [1.807, 2.05) is 0 Å². The monoisotopic (exact) mass is 223 g/mol. The Morgan fingerprint density at radius 2 is 1.50 bits per heavy atom. The molecule has 0 bridgehead atoms. The summed E-state index contributed by atoms with van der Waals surface area (Å²) >= 11 is 0. The normalized spacial score (nSPS) is 36.8. The van der Waals surface area contributed by atoms with Crippen molar-refractivity contribution < 1.29 is 0 Å². The molecule has 1 nitrogen and oxygen atoms in total. The number of nitrogens with zero attached hydrogens (tertiary/aromatic N) is 1. The van der Waals surface area contributed by atoms with Crippen LogP contribution in [0.25, 0.3) is 0 Å². The number of piperidine rings is 1. The molecule has 0 amide bonds. The number of rotatable bonds is 0. The van der Waals surface area contributed by atoms with Crippen molar-refractivity contribution in [1.29, 1.82) is 0 Å². The first-order chi connectivity index (χ1) is 7.21. The van der Waals surface area contributed by atoms with E-state index in [0.29, 0.717) is 11.0 Å². The number of likely N-dealkylation sites (tertiary alicyclic amines) is 1. The fourth-order valence-electron chi connectivity index (χ4n) is 3.91. The van der Waals surface area contributed by atoms with E-state index in [2.05, 4.69) is 46.4 Å². The van der Waals surface area contributed by atoms with Gasteiger partial charge in [0.25, 0.3) is 0 Å². The van der Waals surface area contributed by atoms with Gasteiger partial charge in [0.2, 0.25) is 0 Å². The predicted molar refractivity (Wildman–Crippen MR) is 70.5 cm³/mol. The fourth-order valence-corrected chi connectivity index (χ4v) is 3.91. The summed E-state index contributed by atoms with van der Waals surface area (Å²) in [4.78, 5) is 2.79. The van der Waals surface area contributed by atoms with Gasteiger partial charge in [-0.3, -0.25) is 4.90 Å². The Hall–Kier alpha value is -0.0400. The average Bonchev–Trinajstić information content (AvgIpc) is 2.02.